The van der Waals surface area contributed by atoms with Gasteiger partial charge in [0.05, 0.1) is 32.3 Å². The maximum Gasteiger partial charge on any atom is 0.255 e. The summed E-state index contributed by atoms with van der Waals surface area (Å²) >= 11 is 0. The van der Waals surface area contributed by atoms with Crippen molar-refractivity contribution in [3.05, 3.63) is 36.2 Å². The molecule has 0 unspecified atom stereocenters. The van der Waals surface area contributed by atoms with Gasteiger partial charge in [-0.25, -0.2) is 9.97 Å². The molecule has 1 amide bonds. The second-order valence-corrected chi connectivity index (χ2v) is 5.49. The monoisotopic (exact) mass is 328 g/mol. The number of hydrogen-bond donors (Lipinski definition) is 1. The number of methoxy groups -OCH3 is 2. The van der Waals surface area contributed by atoms with Crippen LogP contribution in [0, 0.1) is 0 Å². The molecule has 3 rings (SSSR count). The number of carbonyl (C=O) groups is 1. The third-order valence-corrected chi connectivity index (χ3v) is 3.93. The molecular weight excluding hydrogens is 308 g/mol. The molecule has 2 aromatic rings. The van der Waals surface area contributed by atoms with Gasteiger partial charge in [0, 0.05) is 18.7 Å². The predicted molar refractivity (Wildman–Crippen MR) is 91.0 cm³/mol. The number of benzene rings is 1. The zero-order valence-corrected chi connectivity index (χ0v) is 13.8. The van der Waals surface area contributed by atoms with Crippen LogP contribution >= 0.6 is 0 Å². The fraction of sp³-hybridized carbons (Fsp3) is 0.353. The molecule has 0 bridgehead atoms. The minimum absolute atomic E-state index is 0.256. The number of aromatic nitrogens is 2. The molecule has 0 atom stereocenters. The molecule has 7 nitrogen and oxygen atoms in total. The molecule has 0 spiro atoms. The Kier molecular flexibility index (Phi) is 4.79. The highest BCUT2D eigenvalue weighted by Crippen LogP contribution is 2.27. The molecule has 2 heterocycles. The van der Waals surface area contributed by atoms with Crippen molar-refractivity contribution >= 4 is 17.5 Å². The molecule has 1 aromatic heterocycles. The molecule has 1 fully saturated rings. The third-order valence-electron chi connectivity index (χ3n) is 3.93. The highest BCUT2D eigenvalue weighted by atomic mass is 16.5. The lowest BCUT2D eigenvalue weighted by atomic mass is 10.2. The Morgan fingerprint density at radius 3 is 2.38 bits per heavy atom. The third kappa shape index (κ3) is 3.40. The summed E-state index contributed by atoms with van der Waals surface area (Å²) < 4.78 is 10.4. The Bertz CT molecular complexity index is 712. The Morgan fingerprint density at radius 2 is 1.75 bits per heavy atom. The number of ether oxygens (including phenoxy) is 2. The quantitative estimate of drug-likeness (QED) is 0.908. The fourth-order valence-electron chi connectivity index (χ4n) is 2.65. The van der Waals surface area contributed by atoms with Crippen LogP contribution in [-0.4, -0.2) is 43.2 Å². The zero-order chi connectivity index (χ0) is 16.9. The molecule has 1 aliphatic rings. The summed E-state index contributed by atoms with van der Waals surface area (Å²) in [6.07, 6.45) is 5.58. The van der Waals surface area contributed by atoms with Crippen molar-refractivity contribution in [1.82, 2.24) is 9.97 Å². The predicted octanol–water partition coefficient (Wildman–Crippen LogP) is 2.35. The summed E-state index contributed by atoms with van der Waals surface area (Å²) in [5, 5.41) is 2.79. The van der Waals surface area contributed by atoms with Crippen molar-refractivity contribution in [2.75, 3.05) is 37.5 Å². The van der Waals surface area contributed by atoms with E-state index in [1.165, 1.54) is 20.0 Å². The zero-order valence-electron chi connectivity index (χ0n) is 13.8. The van der Waals surface area contributed by atoms with Gasteiger partial charge in [-0.3, -0.25) is 4.79 Å². The van der Waals surface area contributed by atoms with Crippen molar-refractivity contribution in [3.63, 3.8) is 0 Å². The number of rotatable bonds is 5. The topological polar surface area (TPSA) is 76.6 Å². The first kappa shape index (κ1) is 16.0. The Morgan fingerprint density at radius 1 is 1.08 bits per heavy atom. The van der Waals surface area contributed by atoms with Gasteiger partial charge < -0.3 is 19.7 Å². The largest absolute Gasteiger partial charge is 0.493 e. The summed E-state index contributed by atoms with van der Waals surface area (Å²) in [4.78, 5) is 23.1. The first-order valence-corrected chi connectivity index (χ1v) is 7.81. The summed E-state index contributed by atoms with van der Waals surface area (Å²) in [5.41, 5.74) is 1.02. The van der Waals surface area contributed by atoms with E-state index in [1.54, 1.807) is 37.7 Å². The molecule has 24 heavy (non-hydrogen) atoms. The van der Waals surface area contributed by atoms with Gasteiger partial charge in [0.25, 0.3) is 5.91 Å². The second-order valence-electron chi connectivity index (χ2n) is 5.49. The molecule has 1 N–H and O–H groups in total. The van der Waals surface area contributed by atoms with Gasteiger partial charge in [0.2, 0.25) is 5.95 Å². The normalized spacial score (nSPS) is 13.7. The number of nitrogens with zero attached hydrogens (tertiary/aromatic N) is 3. The maximum atomic E-state index is 12.3. The van der Waals surface area contributed by atoms with Crippen LogP contribution in [0.5, 0.6) is 11.5 Å². The maximum absolute atomic E-state index is 12.3. The van der Waals surface area contributed by atoms with E-state index in [-0.39, 0.29) is 5.91 Å². The second kappa shape index (κ2) is 7.16. The number of hydrogen-bond acceptors (Lipinski definition) is 6. The summed E-state index contributed by atoms with van der Waals surface area (Å²) in [6.45, 7) is 1.97. The van der Waals surface area contributed by atoms with Gasteiger partial charge in [-0.2, -0.15) is 0 Å². The lowest BCUT2D eigenvalue weighted by Crippen LogP contribution is -2.20. The minimum atomic E-state index is -0.256. The highest BCUT2D eigenvalue weighted by molar-refractivity contribution is 6.04. The van der Waals surface area contributed by atoms with E-state index >= 15 is 0 Å². The van der Waals surface area contributed by atoms with Crippen molar-refractivity contribution in [2.24, 2.45) is 0 Å². The van der Waals surface area contributed by atoms with Crippen LogP contribution < -0.4 is 19.7 Å². The molecular formula is C17H20N4O3. The van der Waals surface area contributed by atoms with Gasteiger partial charge in [0.1, 0.15) is 0 Å². The van der Waals surface area contributed by atoms with Crippen molar-refractivity contribution in [1.29, 1.82) is 0 Å². The number of carbonyl (C=O) groups excluding carboxylic acids is 1. The highest BCUT2D eigenvalue weighted by Gasteiger charge is 2.15. The van der Waals surface area contributed by atoms with Crippen LogP contribution in [-0.2, 0) is 0 Å². The van der Waals surface area contributed by atoms with E-state index in [2.05, 4.69) is 20.2 Å². The average molecular weight is 328 g/mol. The Balaban J connectivity index is 1.70. The summed E-state index contributed by atoms with van der Waals surface area (Å²) in [5.74, 6) is 1.53. The molecule has 1 aliphatic heterocycles. The lowest BCUT2D eigenvalue weighted by Gasteiger charge is -2.15. The van der Waals surface area contributed by atoms with Gasteiger partial charge >= 0.3 is 0 Å². The van der Waals surface area contributed by atoms with E-state index in [0.717, 1.165) is 13.1 Å². The van der Waals surface area contributed by atoms with Gasteiger partial charge in [-0.05, 0) is 31.0 Å². The molecule has 0 aliphatic carbocycles. The van der Waals surface area contributed by atoms with Crippen molar-refractivity contribution in [2.45, 2.75) is 12.8 Å². The van der Waals surface area contributed by atoms with E-state index in [4.69, 9.17) is 9.47 Å². The van der Waals surface area contributed by atoms with Crippen molar-refractivity contribution in [3.8, 4) is 11.5 Å². The van der Waals surface area contributed by atoms with Crippen LogP contribution in [0.4, 0.5) is 11.6 Å². The fourth-order valence-corrected chi connectivity index (χ4v) is 2.65. The number of amides is 1. The first-order chi connectivity index (χ1) is 11.7. The van der Waals surface area contributed by atoms with Crippen molar-refractivity contribution < 1.29 is 14.3 Å². The summed E-state index contributed by atoms with van der Waals surface area (Å²) in [6, 6.07) is 5.00. The number of anilines is 2. The van der Waals surface area contributed by atoms with E-state index in [9.17, 15) is 4.79 Å². The molecule has 0 radical (unpaired) electrons. The van der Waals surface area contributed by atoms with Gasteiger partial charge in [-0.15, -0.1) is 0 Å². The Hall–Kier alpha value is -2.83. The summed E-state index contributed by atoms with van der Waals surface area (Å²) in [7, 11) is 3.08. The average Bonchev–Trinajstić information content (AvgIpc) is 3.16. The van der Waals surface area contributed by atoms with Crippen LogP contribution in [0.15, 0.2) is 30.6 Å². The molecule has 7 heteroatoms. The molecule has 1 aromatic carbocycles. The smallest absolute Gasteiger partial charge is 0.255 e. The number of nitrogens with one attached hydrogen (secondary N) is 1. The first-order valence-electron chi connectivity index (χ1n) is 7.81. The minimum Gasteiger partial charge on any atom is -0.493 e. The van der Waals surface area contributed by atoms with Crippen LogP contribution in [0.3, 0.4) is 0 Å². The standard InChI is InChI=1S/C17H20N4O3/c1-23-14-6-5-12(9-15(14)24-2)16(22)20-13-10-18-17(19-11-13)21-7-3-4-8-21/h5-6,9-11H,3-4,7-8H2,1-2H3,(H,20,22). The lowest BCUT2D eigenvalue weighted by molar-refractivity contribution is 0.102. The SMILES string of the molecule is COc1ccc(C(=O)Nc2cnc(N3CCCC3)nc2)cc1OC. The van der Waals surface area contributed by atoms with Crippen LogP contribution in [0.2, 0.25) is 0 Å². The van der Waals surface area contributed by atoms with E-state index < -0.39 is 0 Å². The van der Waals surface area contributed by atoms with Crippen LogP contribution in [0.25, 0.3) is 0 Å². The Labute approximate surface area is 140 Å². The van der Waals surface area contributed by atoms with E-state index in [1.807, 2.05) is 0 Å². The van der Waals surface area contributed by atoms with E-state index in [0.29, 0.717) is 28.7 Å². The molecule has 0 saturated carbocycles. The van der Waals surface area contributed by atoms with Gasteiger partial charge in [0.15, 0.2) is 11.5 Å². The molecule has 126 valence electrons. The molecule has 1 saturated heterocycles. The van der Waals surface area contributed by atoms with Gasteiger partial charge in [-0.1, -0.05) is 0 Å². The van der Waals surface area contributed by atoms with Crippen LogP contribution in [0.1, 0.15) is 23.2 Å².